The molecule has 0 spiro atoms. The molecule has 0 aromatic heterocycles. The first-order valence-corrected chi connectivity index (χ1v) is 9.36. The molecule has 1 aromatic rings. The van der Waals surface area contributed by atoms with Crippen molar-refractivity contribution < 1.29 is 22.7 Å². The highest BCUT2D eigenvalue weighted by Crippen LogP contribution is 2.18. The zero-order chi connectivity index (χ0) is 17.7. The van der Waals surface area contributed by atoms with Gasteiger partial charge in [-0.15, -0.1) is 0 Å². The molecule has 1 aromatic carbocycles. The average Bonchev–Trinajstić information content (AvgIpc) is 2.92. The van der Waals surface area contributed by atoms with Crippen molar-refractivity contribution >= 4 is 15.9 Å². The Bertz CT molecular complexity index is 675. The number of aryl methyl sites for hydroxylation is 1. The lowest BCUT2D eigenvalue weighted by molar-refractivity contribution is -0.124. The Hall–Kier alpha value is -1.64. The topological polar surface area (TPSA) is 84.9 Å². The summed E-state index contributed by atoms with van der Waals surface area (Å²) in [5.74, 6) is 0.0479. The summed E-state index contributed by atoms with van der Waals surface area (Å²) >= 11 is 0. The van der Waals surface area contributed by atoms with Crippen LogP contribution in [0.5, 0.6) is 5.75 Å². The summed E-state index contributed by atoms with van der Waals surface area (Å²) in [5.41, 5.74) is 0.949. The fourth-order valence-corrected chi connectivity index (χ4v) is 3.62. The molecule has 24 heavy (non-hydrogen) atoms. The fraction of sp³-hybridized carbons (Fsp3) is 0.562. The predicted molar refractivity (Wildman–Crippen MR) is 90.4 cm³/mol. The van der Waals surface area contributed by atoms with Crippen LogP contribution in [0.4, 0.5) is 0 Å². The summed E-state index contributed by atoms with van der Waals surface area (Å²) in [7, 11) is -0.351. The van der Waals surface area contributed by atoms with E-state index < -0.39 is 10.0 Å². The number of ether oxygens (including phenoxy) is 2. The van der Waals surface area contributed by atoms with E-state index in [2.05, 4.69) is 5.32 Å². The molecule has 0 radical (unpaired) electrons. The van der Waals surface area contributed by atoms with Crippen LogP contribution < -0.4 is 10.1 Å². The van der Waals surface area contributed by atoms with E-state index >= 15 is 0 Å². The summed E-state index contributed by atoms with van der Waals surface area (Å²) in [4.78, 5) is 12.1. The van der Waals surface area contributed by atoms with Crippen LogP contribution in [0.25, 0.3) is 0 Å². The van der Waals surface area contributed by atoms with Crippen molar-refractivity contribution in [3.05, 3.63) is 29.8 Å². The van der Waals surface area contributed by atoms with Crippen molar-refractivity contribution in [2.45, 2.75) is 13.0 Å². The first-order valence-electron chi connectivity index (χ1n) is 7.75. The molecule has 1 aliphatic heterocycles. The van der Waals surface area contributed by atoms with Crippen LogP contribution in [0.2, 0.25) is 0 Å². The molecule has 2 rings (SSSR count). The molecule has 1 N–H and O–H groups in total. The lowest BCUT2D eigenvalue weighted by Gasteiger charge is -2.21. The number of hydrogen-bond acceptors (Lipinski definition) is 5. The number of benzene rings is 1. The van der Waals surface area contributed by atoms with Crippen LogP contribution in [0.3, 0.4) is 0 Å². The van der Waals surface area contributed by atoms with Crippen molar-refractivity contribution in [1.82, 2.24) is 9.62 Å². The molecule has 1 aliphatic rings. The molecule has 0 bridgehead atoms. The molecule has 2 atom stereocenters. The summed E-state index contributed by atoms with van der Waals surface area (Å²) in [6.45, 7) is 2.41. The summed E-state index contributed by atoms with van der Waals surface area (Å²) in [6, 6.07) is 7.11. The second-order valence-corrected chi connectivity index (χ2v) is 8.31. The molecule has 134 valence electrons. The third-order valence-electron chi connectivity index (χ3n) is 3.98. The molecular formula is C16H24N2O5S. The average molecular weight is 356 g/mol. The van der Waals surface area contributed by atoms with Crippen LogP contribution in [0, 0.1) is 12.8 Å². The van der Waals surface area contributed by atoms with Gasteiger partial charge >= 0.3 is 0 Å². The second-order valence-electron chi connectivity index (χ2n) is 6.09. The van der Waals surface area contributed by atoms with Gasteiger partial charge in [0.15, 0.2) is 6.61 Å². The number of sulfonamides is 1. The number of para-hydroxylation sites is 1. The summed E-state index contributed by atoms with van der Waals surface area (Å²) in [6.07, 6.45) is 0. The molecule has 1 amide bonds. The van der Waals surface area contributed by atoms with Gasteiger partial charge in [0.05, 0.1) is 25.0 Å². The minimum absolute atomic E-state index is 0.0520. The SMILES string of the molecule is Cc1ccccc1OCC(=O)NC1COCC1CS(=O)(=O)N(C)C. The number of rotatable bonds is 7. The predicted octanol–water partition coefficient (Wildman–Crippen LogP) is 0.396. The summed E-state index contributed by atoms with van der Waals surface area (Å²) in [5, 5.41) is 2.81. The molecule has 7 nitrogen and oxygen atoms in total. The van der Waals surface area contributed by atoms with E-state index in [9.17, 15) is 13.2 Å². The van der Waals surface area contributed by atoms with E-state index in [1.165, 1.54) is 18.4 Å². The lowest BCUT2D eigenvalue weighted by atomic mass is 10.1. The lowest BCUT2D eigenvalue weighted by Crippen LogP contribution is -2.45. The van der Waals surface area contributed by atoms with Crippen LogP contribution in [-0.4, -0.2) is 64.3 Å². The van der Waals surface area contributed by atoms with E-state index in [-0.39, 0.29) is 30.2 Å². The number of carbonyl (C=O) groups excluding carboxylic acids is 1. The van der Waals surface area contributed by atoms with Gasteiger partial charge in [0.1, 0.15) is 5.75 Å². The van der Waals surface area contributed by atoms with Crippen molar-refractivity contribution in [3.8, 4) is 5.75 Å². The van der Waals surface area contributed by atoms with Gasteiger partial charge in [-0.1, -0.05) is 18.2 Å². The Morgan fingerprint density at radius 3 is 2.71 bits per heavy atom. The van der Waals surface area contributed by atoms with Gasteiger partial charge in [0.2, 0.25) is 10.0 Å². The highest BCUT2D eigenvalue weighted by molar-refractivity contribution is 7.89. The van der Waals surface area contributed by atoms with Crippen LogP contribution in [-0.2, 0) is 19.6 Å². The monoisotopic (exact) mass is 356 g/mol. The molecule has 0 aliphatic carbocycles. The Kier molecular flexibility index (Phi) is 6.20. The van der Waals surface area contributed by atoms with Gasteiger partial charge in [-0.3, -0.25) is 4.79 Å². The van der Waals surface area contributed by atoms with Crippen LogP contribution in [0.15, 0.2) is 24.3 Å². The first kappa shape index (κ1) is 18.7. The van der Waals surface area contributed by atoms with Crippen LogP contribution >= 0.6 is 0 Å². The highest BCUT2D eigenvalue weighted by atomic mass is 32.2. The molecule has 2 unspecified atom stereocenters. The third kappa shape index (κ3) is 4.93. The van der Waals surface area contributed by atoms with Crippen LogP contribution in [0.1, 0.15) is 5.56 Å². The van der Waals surface area contributed by atoms with E-state index in [4.69, 9.17) is 9.47 Å². The zero-order valence-electron chi connectivity index (χ0n) is 14.2. The standard InChI is InChI=1S/C16H24N2O5S/c1-12-6-4-5-7-15(12)23-10-16(19)17-14-9-22-8-13(14)11-24(20,21)18(2)3/h4-7,13-14H,8-11H2,1-3H3,(H,17,19). The number of nitrogens with one attached hydrogen (secondary N) is 1. The number of carbonyl (C=O) groups is 1. The van der Waals surface area contributed by atoms with E-state index in [1.54, 1.807) is 6.07 Å². The Morgan fingerprint density at radius 2 is 2.04 bits per heavy atom. The maximum atomic E-state index is 12.1. The normalized spacial score (nSPS) is 21.0. The van der Waals surface area contributed by atoms with Crippen molar-refractivity contribution in [2.24, 2.45) is 5.92 Å². The first-order chi connectivity index (χ1) is 11.3. The highest BCUT2D eigenvalue weighted by Gasteiger charge is 2.34. The molecule has 1 heterocycles. The molecular weight excluding hydrogens is 332 g/mol. The van der Waals surface area contributed by atoms with Crippen molar-refractivity contribution in [1.29, 1.82) is 0 Å². The summed E-state index contributed by atoms with van der Waals surface area (Å²) < 4.78 is 36.0. The van der Waals surface area contributed by atoms with Gasteiger partial charge in [-0.05, 0) is 18.6 Å². The van der Waals surface area contributed by atoms with Gasteiger partial charge in [-0.25, -0.2) is 12.7 Å². The van der Waals surface area contributed by atoms with E-state index in [0.29, 0.717) is 19.0 Å². The number of hydrogen-bond donors (Lipinski definition) is 1. The number of amides is 1. The van der Waals surface area contributed by atoms with Crippen molar-refractivity contribution in [3.63, 3.8) is 0 Å². The maximum Gasteiger partial charge on any atom is 0.258 e. The third-order valence-corrected chi connectivity index (χ3v) is 5.94. The Morgan fingerprint density at radius 1 is 1.33 bits per heavy atom. The van der Waals surface area contributed by atoms with Crippen molar-refractivity contribution in [2.75, 3.05) is 39.7 Å². The van der Waals surface area contributed by atoms with E-state index in [0.717, 1.165) is 5.56 Å². The largest absolute Gasteiger partial charge is 0.484 e. The van der Waals surface area contributed by atoms with Gasteiger partial charge in [0.25, 0.3) is 5.91 Å². The van der Waals surface area contributed by atoms with Gasteiger partial charge in [-0.2, -0.15) is 0 Å². The molecule has 8 heteroatoms. The fourth-order valence-electron chi connectivity index (χ4n) is 2.45. The quantitative estimate of drug-likeness (QED) is 0.764. The smallest absolute Gasteiger partial charge is 0.258 e. The van der Waals surface area contributed by atoms with E-state index in [1.807, 2.05) is 25.1 Å². The zero-order valence-corrected chi connectivity index (χ0v) is 15.0. The molecule has 1 saturated heterocycles. The molecule has 1 fully saturated rings. The Balaban J connectivity index is 1.87. The Labute approximate surface area is 143 Å². The molecule has 0 saturated carbocycles. The van der Waals surface area contributed by atoms with Gasteiger partial charge < -0.3 is 14.8 Å². The minimum atomic E-state index is -3.34. The second kappa shape index (κ2) is 7.96. The van der Waals surface area contributed by atoms with Gasteiger partial charge in [0, 0.05) is 20.0 Å². The number of nitrogens with zero attached hydrogens (tertiary/aromatic N) is 1. The minimum Gasteiger partial charge on any atom is -0.484 e. The maximum absolute atomic E-state index is 12.1.